The van der Waals surface area contributed by atoms with E-state index in [4.69, 9.17) is 4.98 Å². The number of aromatic nitrogens is 2. The van der Waals surface area contributed by atoms with Crippen LogP contribution in [-0.4, -0.2) is 77.4 Å². The molecule has 2 bridgehead atoms. The van der Waals surface area contributed by atoms with Crippen LogP contribution in [0.2, 0.25) is 0 Å². The number of carbonyl (C=O) groups excluding carboxylic acids is 1. The Morgan fingerprint density at radius 2 is 1.85 bits per heavy atom. The van der Waals surface area contributed by atoms with Gasteiger partial charge < -0.3 is 9.80 Å². The van der Waals surface area contributed by atoms with Gasteiger partial charge in [-0.3, -0.25) is 9.69 Å². The Labute approximate surface area is 156 Å². The number of nitrogens with zero attached hydrogens (tertiary/aromatic N) is 5. The van der Waals surface area contributed by atoms with Crippen LogP contribution < -0.4 is 4.90 Å². The average molecular weight is 358 g/mol. The SMILES string of the molecule is CCC(=O)CN1CCC(c2nccc(N3C4CCC3CN(C)C4)n2)CC1. The van der Waals surface area contributed by atoms with Gasteiger partial charge in [-0.25, -0.2) is 9.97 Å². The number of hydrogen-bond donors (Lipinski definition) is 0. The standard InChI is InChI=1S/C20H31N5O/c1-3-18(26)14-24-10-7-15(8-11-24)20-21-9-6-19(22-20)25-16-4-5-17(25)13-23(2)12-16/h6,9,15-17H,3-5,7-8,10-14H2,1-2H3. The van der Waals surface area contributed by atoms with Crippen LogP contribution in [0.1, 0.15) is 50.8 Å². The maximum absolute atomic E-state index is 11.7. The Morgan fingerprint density at radius 3 is 2.50 bits per heavy atom. The summed E-state index contributed by atoms with van der Waals surface area (Å²) in [5.74, 6) is 2.89. The van der Waals surface area contributed by atoms with Crippen molar-refractivity contribution in [3.8, 4) is 0 Å². The predicted molar refractivity (Wildman–Crippen MR) is 103 cm³/mol. The molecule has 6 heteroatoms. The van der Waals surface area contributed by atoms with Crippen molar-refractivity contribution in [1.29, 1.82) is 0 Å². The molecule has 0 amide bonds. The molecule has 0 N–H and O–H groups in total. The molecule has 1 aromatic rings. The normalized spacial score (nSPS) is 27.8. The average Bonchev–Trinajstić information content (AvgIpc) is 2.93. The van der Waals surface area contributed by atoms with E-state index in [1.807, 2.05) is 13.1 Å². The van der Waals surface area contributed by atoms with E-state index >= 15 is 0 Å². The van der Waals surface area contributed by atoms with E-state index in [2.05, 4.69) is 32.8 Å². The van der Waals surface area contributed by atoms with Crippen LogP contribution >= 0.6 is 0 Å². The molecule has 1 aromatic heterocycles. The monoisotopic (exact) mass is 357 g/mol. The molecule has 4 rings (SSSR count). The first-order valence-electron chi connectivity index (χ1n) is 10.2. The predicted octanol–water partition coefficient (Wildman–Crippen LogP) is 1.92. The molecule has 4 heterocycles. The number of rotatable bonds is 5. The summed E-state index contributed by atoms with van der Waals surface area (Å²) < 4.78 is 0. The lowest BCUT2D eigenvalue weighted by atomic mass is 9.95. The number of ketones is 1. The van der Waals surface area contributed by atoms with Gasteiger partial charge >= 0.3 is 0 Å². The minimum Gasteiger partial charge on any atom is -0.348 e. The highest BCUT2D eigenvalue weighted by Crippen LogP contribution is 2.34. The fourth-order valence-corrected chi connectivity index (χ4v) is 4.90. The summed E-state index contributed by atoms with van der Waals surface area (Å²) in [6.45, 7) is 6.78. The molecule has 0 aromatic carbocycles. The molecule has 2 unspecified atom stereocenters. The highest BCUT2D eigenvalue weighted by atomic mass is 16.1. The molecule has 0 radical (unpaired) electrons. The molecular formula is C20H31N5O. The van der Waals surface area contributed by atoms with E-state index in [1.165, 1.54) is 12.8 Å². The molecule has 3 aliphatic rings. The Kier molecular flexibility index (Phi) is 5.23. The molecule has 2 atom stereocenters. The lowest BCUT2D eigenvalue weighted by Crippen LogP contribution is -2.52. The smallest absolute Gasteiger partial charge is 0.146 e. The third-order valence-corrected chi connectivity index (χ3v) is 6.34. The number of likely N-dealkylation sites (N-methyl/N-ethyl adjacent to an activating group) is 1. The van der Waals surface area contributed by atoms with E-state index in [-0.39, 0.29) is 0 Å². The summed E-state index contributed by atoms with van der Waals surface area (Å²) in [4.78, 5) is 28.6. The molecule has 0 aliphatic carbocycles. The second kappa shape index (κ2) is 7.61. The lowest BCUT2D eigenvalue weighted by Gasteiger charge is -2.40. The zero-order chi connectivity index (χ0) is 18.1. The second-order valence-corrected chi connectivity index (χ2v) is 8.23. The minimum atomic E-state index is 0.340. The fraction of sp³-hybridized carbons (Fsp3) is 0.750. The van der Waals surface area contributed by atoms with Gasteiger partial charge in [-0.15, -0.1) is 0 Å². The Morgan fingerprint density at radius 1 is 1.15 bits per heavy atom. The number of piperazine rings is 1. The maximum Gasteiger partial charge on any atom is 0.146 e. The van der Waals surface area contributed by atoms with E-state index in [9.17, 15) is 4.79 Å². The zero-order valence-corrected chi connectivity index (χ0v) is 16.1. The topological polar surface area (TPSA) is 52.6 Å². The van der Waals surface area contributed by atoms with Crippen LogP contribution in [0.25, 0.3) is 0 Å². The van der Waals surface area contributed by atoms with Crippen LogP contribution in [-0.2, 0) is 4.79 Å². The van der Waals surface area contributed by atoms with E-state index < -0.39 is 0 Å². The van der Waals surface area contributed by atoms with Gasteiger partial charge in [-0.1, -0.05) is 6.92 Å². The molecule has 3 aliphatic heterocycles. The Bertz CT molecular complexity index is 629. The summed E-state index contributed by atoms with van der Waals surface area (Å²) in [6, 6.07) is 3.29. The second-order valence-electron chi connectivity index (χ2n) is 8.23. The van der Waals surface area contributed by atoms with Crippen molar-refractivity contribution in [2.45, 2.75) is 57.0 Å². The molecule has 0 saturated carbocycles. The minimum absolute atomic E-state index is 0.340. The van der Waals surface area contributed by atoms with Crippen molar-refractivity contribution in [2.75, 3.05) is 44.7 Å². The van der Waals surface area contributed by atoms with Crippen molar-refractivity contribution in [3.63, 3.8) is 0 Å². The van der Waals surface area contributed by atoms with Crippen molar-refractivity contribution >= 4 is 11.6 Å². The lowest BCUT2D eigenvalue weighted by molar-refractivity contribution is -0.120. The van der Waals surface area contributed by atoms with Crippen LogP contribution in [0.15, 0.2) is 12.3 Å². The maximum atomic E-state index is 11.7. The summed E-state index contributed by atoms with van der Waals surface area (Å²) in [5.41, 5.74) is 0. The number of carbonyl (C=O) groups is 1. The molecule has 3 fully saturated rings. The van der Waals surface area contributed by atoms with Gasteiger partial charge in [-0.05, 0) is 51.9 Å². The third-order valence-electron chi connectivity index (χ3n) is 6.34. The zero-order valence-electron chi connectivity index (χ0n) is 16.1. The van der Waals surface area contributed by atoms with Gasteiger partial charge in [0.15, 0.2) is 0 Å². The number of piperidine rings is 1. The van der Waals surface area contributed by atoms with Gasteiger partial charge in [0.05, 0.1) is 6.54 Å². The van der Waals surface area contributed by atoms with Gasteiger partial charge in [0.25, 0.3) is 0 Å². The fourth-order valence-electron chi connectivity index (χ4n) is 4.90. The largest absolute Gasteiger partial charge is 0.348 e. The van der Waals surface area contributed by atoms with Gasteiger partial charge in [0.1, 0.15) is 17.4 Å². The number of Topliss-reactive ketones (excluding diaryl/α,β-unsaturated/α-hetero) is 1. The molecule has 26 heavy (non-hydrogen) atoms. The third kappa shape index (κ3) is 3.62. The van der Waals surface area contributed by atoms with Crippen molar-refractivity contribution < 1.29 is 4.79 Å². The van der Waals surface area contributed by atoms with Crippen LogP contribution in [0.4, 0.5) is 5.82 Å². The number of anilines is 1. The quantitative estimate of drug-likeness (QED) is 0.802. The van der Waals surface area contributed by atoms with E-state index in [0.29, 0.717) is 36.8 Å². The first-order valence-corrected chi connectivity index (χ1v) is 10.2. The highest BCUT2D eigenvalue weighted by molar-refractivity contribution is 5.80. The van der Waals surface area contributed by atoms with E-state index in [0.717, 1.165) is 50.7 Å². The highest BCUT2D eigenvalue weighted by Gasteiger charge is 2.39. The van der Waals surface area contributed by atoms with Crippen LogP contribution in [0.3, 0.4) is 0 Å². The first-order chi connectivity index (χ1) is 12.6. The van der Waals surface area contributed by atoms with Crippen molar-refractivity contribution in [1.82, 2.24) is 19.8 Å². The Hall–Kier alpha value is -1.53. The molecule has 3 saturated heterocycles. The van der Waals surface area contributed by atoms with E-state index in [1.54, 1.807) is 0 Å². The van der Waals surface area contributed by atoms with Crippen LogP contribution in [0, 0.1) is 0 Å². The number of likely N-dealkylation sites (tertiary alicyclic amines) is 2. The summed E-state index contributed by atoms with van der Waals surface area (Å²) >= 11 is 0. The van der Waals surface area contributed by atoms with Gasteiger partial charge in [-0.2, -0.15) is 0 Å². The first kappa shape index (κ1) is 17.9. The summed E-state index contributed by atoms with van der Waals surface area (Å²) in [6.07, 6.45) is 7.24. The summed E-state index contributed by atoms with van der Waals surface area (Å²) in [7, 11) is 2.23. The molecule has 6 nitrogen and oxygen atoms in total. The number of hydrogen-bond acceptors (Lipinski definition) is 6. The van der Waals surface area contributed by atoms with Crippen molar-refractivity contribution in [3.05, 3.63) is 18.1 Å². The van der Waals surface area contributed by atoms with Gasteiger partial charge in [0, 0.05) is 43.7 Å². The Balaban J connectivity index is 1.42. The summed E-state index contributed by atoms with van der Waals surface area (Å²) in [5, 5.41) is 0. The molecule has 142 valence electrons. The molecule has 0 spiro atoms. The number of fused-ring (bicyclic) bond motifs is 2. The molecular weight excluding hydrogens is 326 g/mol. The van der Waals surface area contributed by atoms with Gasteiger partial charge in [0.2, 0.25) is 0 Å². The van der Waals surface area contributed by atoms with Crippen molar-refractivity contribution in [2.24, 2.45) is 0 Å². The van der Waals surface area contributed by atoms with Crippen LogP contribution in [0.5, 0.6) is 0 Å².